The number of ketones is 1. The van der Waals surface area contributed by atoms with Crippen molar-refractivity contribution in [3.8, 4) is 0 Å². The maximum atomic E-state index is 12.1. The summed E-state index contributed by atoms with van der Waals surface area (Å²) in [5.74, 6) is -0.146. The van der Waals surface area contributed by atoms with Crippen LogP contribution in [0.25, 0.3) is 0 Å². The molecule has 0 aromatic rings. The van der Waals surface area contributed by atoms with Gasteiger partial charge >= 0.3 is 0 Å². The molecule has 6 rings (SSSR count). The van der Waals surface area contributed by atoms with E-state index in [0.29, 0.717) is 31.8 Å². The maximum Gasteiger partial charge on any atom is 0.226 e. The van der Waals surface area contributed by atoms with Crippen LogP contribution in [0.4, 0.5) is 0 Å². The molecular formula is C23H32O7. The Balaban J connectivity index is 1.42. The van der Waals surface area contributed by atoms with Gasteiger partial charge in [-0.15, -0.1) is 0 Å². The second kappa shape index (κ2) is 6.36. The summed E-state index contributed by atoms with van der Waals surface area (Å²) < 4.78 is 24.0. The monoisotopic (exact) mass is 420 g/mol. The summed E-state index contributed by atoms with van der Waals surface area (Å²) in [7, 11) is 0. The first kappa shape index (κ1) is 19.8. The first-order valence-corrected chi connectivity index (χ1v) is 11.4. The van der Waals surface area contributed by atoms with Crippen molar-refractivity contribution in [1.82, 2.24) is 0 Å². The minimum Gasteiger partial charge on any atom is -0.395 e. The number of rotatable bonds is 1. The van der Waals surface area contributed by atoms with Crippen molar-refractivity contribution in [2.24, 2.45) is 28.6 Å². The number of aliphatic hydroxyl groups excluding tert-OH is 2. The number of carbonyl (C=O) groups excluding carboxylic acids is 1. The Kier molecular flexibility index (Phi) is 4.20. The summed E-state index contributed by atoms with van der Waals surface area (Å²) in [6.07, 6.45) is 6.43. The molecule has 4 aliphatic carbocycles. The zero-order valence-electron chi connectivity index (χ0n) is 17.6. The first-order chi connectivity index (χ1) is 14.4. The highest BCUT2D eigenvalue weighted by molar-refractivity contribution is 5.91. The molecule has 2 N–H and O–H groups in total. The van der Waals surface area contributed by atoms with Crippen molar-refractivity contribution in [1.29, 1.82) is 0 Å². The van der Waals surface area contributed by atoms with E-state index in [2.05, 4.69) is 6.92 Å². The minimum absolute atomic E-state index is 0.000579. The van der Waals surface area contributed by atoms with Crippen LogP contribution in [0.1, 0.15) is 51.9 Å². The van der Waals surface area contributed by atoms with E-state index in [4.69, 9.17) is 18.9 Å². The molecule has 30 heavy (non-hydrogen) atoms. The number of hydrogen-bond acceptors (Lipinski definition) is 7. The lowest BCUT2D eigenvalue weighted by Gasteiger charge is -2.62. The van der Waals surface area contributed by atoms with Crippen molar-refractivity contribution >= 4 is 5.78 Å². The second-order valence-corrected chi connectivity index (χ2v) is 10.6. The zero-order valence-corrected chi connectivity index (χ0v) is 17.6. The highest BCUT2D eigenvalue weighted by atomic mass is 16.9. The fraction of sp³-hybridized carbons (Fsp3) is 0.870. The Labute approximate surface area is 176 Å². The molecule has 2 saturated heterocycles. The van der Waals surface area contributed by atoms with Gasteiger partial charge in [0.2, 0.25) is 5.79 Å². The van der Waals surface area contributed by atoms with Crippen molar-refractivity contribution < 1.29 is 34.0 Å². The van der Waals surface area contributed by atoms with Gasteiger partial charge in [-0.3, -0.25) is 4.79 Å². The van der Waals surface area contributed by atoms with Crippen molar-refractivity contribution in [3.63, 3.8) is 0 Å². The molecule has 0 aromatic carbocycles. The smallest absolute Gasteiger partial charge is 0.226 e. The summed E-state index contributed by atoms with van der Waals surface area (Å²) in [6, 6.07) is 0. The molecule has 7 heteroatoms. The SMILES string of the molecule is C[C@]12C[C@H](O)[C@H]3[C@@H](CCC4=CC(=O)CC[C@@]43CO)[C@@H]1CC[C@@]21OCOC12COCO2. The molecule has 166 valence electrons. The van der Waals surface area contributed by atoms with E-state index in [0.717, 1.165) is 31.3 Å². The van der Waals surface area contributed by atoms with Gasteiger partial charge in [0, 0.05) is 17.3 Å². The lowest BCUT2D eigenvalue weighted by atomic mass is 9.45. The predicted molar refractivity (Wildman–Crippen MR) is 104 cm³/mol. The third-order valence-corrected chi connectivity index (χ3v) is 9.91. The van der Waals surface area contributed by atoms with Crippen LogP contribution in [0.5, 0.6) is 0 Å². The lowest BCUT2D eigenvalue weighted by molar-refractivity contribution is -0.258. The largest absolute Gasteiger partial charge is 0.395 e. The van der Waals surface area contributed by atoms with Crippen LogP contribution in [-0.4, -0.2) is 60.3 Å². The summed E-state index contributed by atoms with van der Waals surface area (Å²) >= 11 is 0. The van der Waals surface area contributed by atoms with Crippen LogP contribution in [-0.2, 0) is 23.7 Å². The van der Waals surface area contributed by atoms with Crippen molar-refractivity contribution in [2.75, 3.05) is 26.8 Å². The third-order valence-electron chi connectivity index (χ3n) is 9.91. The summed E-state index contributed by atoms with van der Waals surface area (Å²) in [5, 5.41) is 22.2. The predicted octanol–water partition coefficient (Wildman–Crippen LogP) is 1.91. The number of carbonyl (C=O) groups is 1. The molecule has 1 unspecified atom stereocenters. The molecule has 0 radical (unpaired) electrons. The first-order valence-electron chi connectivity index (χ1n) is 11.4. The maximum absolute atomic E-state index is 12.1. The molecule has 0 aromatic heterocycles. The average molecular weight is 421 g/mol. The summed E-state index contributed by atoms with van der Waals surface area (Å²) in [5.41, 5.74) is -0.342. The topological polar surface area (TPSA) is 94.5 Å². The molecule has 2 heterocycles. The van der Waals surface area contributed by atoms with Crippen LogP contribution in [0.3, 0.4) is 0 Å². The molecule has 8 atom stereocenters. The van der Waals surface area contributed by atoms with Gasteiger partial charge in [0.05, 0.1) is 12.7 Å². The Hall–Kier alpha value is -0.830. The molecule has 5 fully saturated rings. The van der Waals surface area contributed by atoms with Gasteiger partial charge < -0.3 is 29.2 Å². The second-order valence-electron chi connectivity index (χ2n) is 10.6. The van der Waals surface area contributed by atoms with Gasteiger partial charge in [0.1, 0.15) is 12.2 Å². The Morgan fingerprint density at radius 2 is 1.97 bits per heavy atom. The van der Waals surface area contributed by atoms with E-state index in [1.54, 1.807) is 6.08 Å². The van der Waals surface area contributed by atoms with E-state index in [-0.39, 0.29) is 43.2 Å². The van der Waals surface area contributed by atoms with E-state index < -0.39 is 22.9 Å². The fourth-order valence-electron chi connectivity index (χ4n) is 8.73. The quantitative estimate of drug-likeness (QED) is 0.669. The standard InChI is InChI=1S/C23H32O7/c1-20-9-18(26)19-16(3-2-14-8-15(25)4-6-21(14,19)10-24)17(20)5-7-22(20)23(30-13-28-22)11-27-12-29-23/h8,16-19,24,26H,2-7,9-13H2,1H3/t16-,17-,18-,19+,20-,21+,22+,23?/m0/s1. The summed E-state index contributed by atoms with van der Waals surface area (Å²) in [6.45, 7) is 2.99. The molecular weight excluding hydrogens is 388 g/mol. The van der Waals surface area contributed by atoms with E-state index in [9.17, 15) is 15.0 Å². The van der Waals surface area contributed by atoms with Crippen LogP contribution in [0, 0.1) is 28.6 Å². The number of aliphatic hydroxyl groups is 2. The number of fused-ring (bicyclic) bond motifs is 7. The average Bonchev–Trinajstić information content (AvgIpc) is 3.42. The summed E-state index contributed by atoms with van der Waals surface area (Å²) in [4.78, 5) is 12.1. The molecule has 0 amide bonds. The van der Waals surface area contributed by atoms with Gasteiger partial charge in [-0.25, -0.2) is 0 Å². The van der Waals surface area contributed by atoms with Crippen molar-refractivity contribution in [3.05, 3.63) is 11.6 Å². The van der Waals surface area contributed by atoms with Gasteiger partial charge in [0.15, 0.2) is 19.4 Å². The van der Waals surface area contributed by atoms with E-state index in [1.165, 1.54) is 0 Å². The molecule has 2 spiro atoms. The highest BCUT2D eigenvalue weighted by Gasteiger charge is 2.76. The third kappa shape index (κ3) is 2.14. The molecule has 2 aliphatic heterocycles. The highest BCUT2D eigenvalue weighted by Crippen LogP contribution is 2.71. The normalized spacial score (nSPS) is 54.9. The number of ether oxygens (including phenoxy) is 4. The molecule has 6 aliphatic rings. The Morgan fingerprint density at radius 1 is 1.13 bits per heavy atom. The van der Waals surface area contributed by atoms with Crippen LogP contribution in [0.2, 0.25) is 0 Å². The van der Waals surface area contributed by atoms with E-state index in [1.807, 2.05) is 0 Å². The fourth-order valence-corrected chi connectivity index (χ4v) is 8.73. The van der Waals surface area contributed by atoms with Gasteiger partial charge in [-0.2, -0.15) is 0 Å². The Bertz CT molecular complexity index is 783. The van der Waals surface area contributed by atoms with Gasteiger partial charge in [-0.05, 0) is 62.4 Å². The Morgan fingerprint density at radius 3 is 2.73 bits per heavy atom. The molecule has 0 bridgehead atoms. The van der Waals surface area contributed by atoms with E-state index >= 15 is 0 Å². The van der Waals surface area contributed by atoms with Crippen LogP contribution >= 0.6 is 0 Å². The van der Waals surface area contributed by atoms with Gasteiger partial charge in [-0.1, -0.05) is 12.5 Å². The zero-order chi connectivity index (χ0) is 20.8. The van der Waals surface area contributed by atoms with Crippen LogP contribution < -0.4 is 0 Å². The minimum atomic E-state index is -0.894. The van der Waals surface area contributed by atoms with Gasteiger partial charge in [0.25, 0.3) is 0 Å². The number of hydrogen-bond donors (Lipinski definition) is 2. The lowest BCUT2D eigenvalue weighted by Crippen LogP contribution is -2.66. The molecule has 3 saturated carbocycles. The van der Waals surface area contributed by atoms with Crippen LogP contribution in [0.15, 0.2) is 11.6 Å². The van der Waals surface area contributed by atoms with Crippen molar-refractivity contribution in [2.45, 2.75) is 69.4 Å². The molecule has 7 nitrogen and oxygen atoms in total.